The van der Waals surface area contributed by atoms with Gasteiger partial charge in [0.05, 0.1) is 4.92 Å². The molecule has 0 amide bonds. The third-order valence-electron chi connectivity index (χ3n) is 3.21. The van der Waals surface area contributed by atoms with Gasteiger partial charge in [0.25, 0.3) is 5.69 Å². The van der Waals surface area contributed by atoms with Gasteiger partial charge < -0.3 is 11.1 Å². The van der Waals surface area contributed by atoms with Crippen LogP contribution in [0.3, 0.4) is 0 Å². The number of nitrogens with zero attached hydrogens (tertiary/aromatic N) is 1. The van der Waals surface area contributed by atoms with Gasteiger partial charge in [-0.05, 0) is 25.3 Å². The third-order valence-corrected chi connectivity index (χ3v) is 3.21. The van der Waals surface area contributed by atoms with E-state index in [2.05, 4.69) is 5.32 Å². The highest BCUT2D eigenvalue weighted by Crippen LogP contribution is 2.27. The van der Waals surface area contributed by atoms with Crippen LogP contribution in [0.2, 0.25) is 0 Å². The normalized spacial score (nSPS) is 22.9. The Morgan fingerprint density at radius 2 is 2.24 bits per heavy atom. The van der Waals surface area contributed by atoms with Crippen molar-refractivity contribution in [3.05, 3.63) is 33.9 Å². The molecule has 1 aliphatic carbocycles. The first kappa shape index (κ1) is 11.9. The van der Waals surface area contributed by atoms with E-state index in [9.17, 15) is 10.1 Å². The number of anilines is 1. The minimum absolute atomic E-state index is 0.195. The van der Waals surface area contributed by atoms with Crippen molar-refractivity contribution in [2.45, 2.75) is 38.3 Å². The van der Waals surface area contributed by atoms with Gasteiger partial charge in [0.2, 0.25) is 0 Å². The minimum Gasteiger partial charge on any atom is -0.382 e. The van der Waals surface area contributed by atoms with Gasteiger partial charge in [-0.3, -0.25) is 10.1 Å². The number of aryl methyl sites for hydroxylation is 1. The van der Waals surface area contributed by atoms with E-state index in [0.29, 0.717) is 12.5 Å². The monoisotopic (exact) mass is 235 g/mol. The lowest BCUT2D eigenvalue weighted by molar-refractivity contribution is -0.385. The summed E-state index contributed by atoms with van der Waals surface area (Å²) in [5, 5.41) is 14.2. The van der Waals surface area contributed by atoms with Crippen LogP contribution in [-0.4, -0.2) is 17.0 Å². The molecule has 1 saturated carbocycles. The number of hydrogen-bond donors (Lipinski definition) is 2. The molecule has 1 aromatic rings. The maximum Gasteiger partial charge on any atom is 0.274 e. The summed E-state index contributed by atoms with van der Waals surface area (Å²) in [4.78, 5) is 10.6. The van der Waals surface area contributed by atoms with E-state index in [1.165, 1.54) is 0 Å². The van der Waals surface area contributed by atoms with Crippen molar-refractivity contribution in [2.24, 2.45) is 5.73 Å². The Morgan fingerprint density at radius 3 is 2.76 bits per heavy atom. The first-order chi connectivity index (χ1) is 8.10. The number of nitro benzene ring substituents is 1. The van der Waals surface area contributed by atoms with Gasteiger partial charge in [-0.1, -0.05) is 13.0 Å². The Bertz CT molecular complexity index is 428. The van der Waals surface area contributed by atoms with Crippen LogP contribution < -0.4 is 11.1 Å². The number of nitrogens with one attached hydrogen (secondary N) is 1. The van der Waals surface area contributed by atoms with Crippen LogP contribution in [0.1, 0.15) is 25.3 Å². The van der Waals surface area contributed by atoms with Crippen LogP contribution in [0.15, 0.2) is 18.2 Å². The van der Waals surface area contributed by atoms with Crippen LogP contribution in [0, 0.1) is 10.1 Å². The van der Waals surface area contributed by atoms with Gasteiger partial charge in [-0.25, -0.2) is 0 Å². The molecule has 0 bridgehead atoms. The molecule has 0 aliphatic heterocycles. The van der Waals surface area contributed by atoms with Gasteiger partial charge >= 0.3 is 0 Å². The molecule has 1 aromatic carbocycles. The first-order valence-electron chi connectivity index (χ1n) is 5.89. The topological polar surface area (TPSA) is 81.2 Å². The Hall–Kier alpha value is -1.62. The van der Waals surface area contributed by atoms with Crippen LogP contribution in [-0.2, 0) is 6.42 Å². The smallest absolute Gasteiger partial charge is 0.274 e. The second kappa shape index (κ2) is 4.71. The summed E-state index contributed by atoms with van der Waals surface area (Å²) >= 11 is 0. The van der Waals surface area contributed by atoms with Gasteiger partial charge in [0, 0.05) is 29.4 Å². The molecular weight excluding hydrogens is 218 g/mol. The average Bonchev–Trinajstić information content (AvgIpc) is 2.27. The lowest BCUT2D eigenvalue weighted by Crippen LogP contribution is -2.44. The Morgan fingerprint density at radius 1 is 1.53 bits per heavy atom. The zero-order valence-corrected chi connectivity index (χ0v) is 9.85. The van der Waals surface area contributed by atoms with Crippen molar-refractivity contribution < 1.29 is 4.92 Å². The van der Waals surface area contributed by atoms with Gasteiger partial charge in [-0.2, -0.15) is 0 Å². The molecule has 0 aromatic heterocycles. The Balaban J connectivity index is 2.13. The number of benzene rings is 1. The standard InChI is InChI=1S/C12H17N3O2/c1-2-8-3-4-10(7-12(8)15(16)17)14-11-5-9(13)6-11/h3-4,7,9,11,14H,2,5-6,13H2,1H3. The molecule has 0 saturated heterocycles. The molecule has 5 nitrogen and oxygen atoms in total. The van der Waals surface area contributed by atoms with Crippen LogP contribution >= 0.6 is 0 Å². The summed E-state index contributed by atoms with van der Waals surface area (Å²) in [6.45, 7) is 1.92. The van der Waals surface area contributed by atoms with E-state index in [4.69, 9.17) is 5.73 Å². The second-order valence-electron chi connectivity index (χ2n) is 4.53. The van der Waals surface area contributed by atoms with Crippen LogP contribution in [0.5, 0.6) is 0 Å². The molecule has 0 heterocycles. The molecule has 5 heteroatoms. The average molecular weight is 235 g/mol. The Kier molecular flexibility index (Phi) is 3.28. The highest BCUT2D eigenvalue weighted by molar-refractivity contribution is 5.56. The highest BCUT2D eigenvalue weighted by atomic mass is 16.6. The maximum atomic E-state index is 10.9. The molecular formula is C12H17N3O2. The molecule has 1 aliphatic rings. The largest absolute Gasteiger partial charge is 0.382 e. The first-order valence-corrected chi connectivity index (χ1v) is 5.89. The van der Waals surface area contributed by atoms with E-state index in [-0.39, 0.29) is 16.7 Å². The maximum absolute atomic E-state index is 10.9. The van der Waals surface area contributed by atoms with Crippen molar-refractivity contribution in [3.63, 3.8) is 0 Å². The number of nitro groups is 1. The van der Waals surface area contributed by atoms with E-state index in [1.54, 1.807) is 6.07 Å². The van der Waals surface area contributed by atoms with Crippen LogP contribution in [0.25, 0.3) is 0 Å². The summed E-state index contributed by atoms with van der Waals surface area (Å²) in [6.07, 6.45) is 2.54. The zero-order valence-electron chi connectivity index (χ0n) is 9.85. The Labute approximate surface area is 100 Å². The van der Waals surface area contributed by atoms with Crippen molar-refractivity contribution in [1.29, 1.82) is 0 Å². The summed E-state index contributed by atoms with van der Waals surface area (Å²) in [6, 6.07) is 5.96. The van der Waals surface area contributed by atoms with Crippen molar-refractivity contribution in [2.75, 3.05) is 5.32 Å². The molecule has 0 spiro atoms. The van der Waals surface area contributed by atoms with Crippen molar-refractivity contribution in [3.8, 4) is 0 Å². The molecule has 0 radical (unpaired) electrons. The molecule has 17 heavy (non-hydrogen) atoms. The summed E-state index contributed by atoms with van der Waals surface area (Å²) in [5.41, 5.74) is 7.47. The molecule has 0 unspecified atom stereocenters. The van der Waals surface area contributed by atoms with E-state index >= 15 is 0 Å². The zero-order chi connectivity index (χ0) is 12.4. The fourth-order valence-corrected chi connectivity index (χ4v) is 2.14. The van der Waals surface area contributed by atoms with Crippen LogP contribution in [0.4, 0.5) is 11.4 Å². The molecule has 2 rings (SSSR count). The molecule has 0 atom stereocenters. The molecule has 1 fully saturated rings. The van der Waals surface area contributed by atoms with E-state index in [1.807, 2.05) is 19.1 Å². The van der Waals surface area contributed by atoms with Gasteiger partial charge in [0.15, 0.2) is 0 Å². The van der Waals surface area contributed by atoms with E-state index < -0.39 is 0 Å². The van der Waals surface area contributed by atoms with Crippen molar-refractivity contribution >= 4 is 11.4 Å². The summed E-state index contributed by atoms with van der Waals surface area (Å²) < 4.78 is 0. The van der Waals surface area contributed by atoms with E-state index in [0.717, 1.165) is 24.1 Å². The van der Waals surface area contributed by atoms with Gasteiger partial charge in [0.1, 0.15) is 0 Å². The predicted molar refractivity (Wildman–Crippen MR) is 67.1 cm³/mol. The fourth-order valence-electron chi connectivity index (χ4n) is 2.14. The van der Waals surface area contributed by atoms with Crippen molar-refractivity contribution in [1.82, 2.24) is 0 Å². The van der Waals surface area contributed by atoms with Gasteiger partial charge in [-0.15, -0.1) is 0 Å². The lowest BCUT2D eigenvalue weighted by Gasteiger charge is -2.33. The lowest BCUT2D eigenvalue weighted by atomic mass is 9.87. The molecule has 92 valence electrons. The summed E-state index contributed by atoms with van der Waals surface area (Å²) in [5.74, 6) is 0. The third kappa shape index (κ3) is 2.55. The SMILES string of the molecule is CCc1ccc(NC2CC(N)C2)cc1[N+](=O)[O-]. The number of hydrogen-bond acceptors (Lipinski definition) is 4. The number of nitrogens with two attached hydrogens (primary N) is 1. The predicted octanol–water partition coefficient (Wildman–Crippen LogP) is 2.06. The number of rotatable bonds is 4. The fraction of sp³-hybridized carbons (Fsp3) is 0.500. The minimum atomic E-state index is -0.323. The summed E-state index contributed by atoms with van der Waals surface area (Å²) in [7, 11) is 0. The quantitative estimate of drug-likeness (QED) is 0.618. The second-order valence-corrected chi connectivity index (χ2v) is 4.53. The molecule has 3 N–H and O–H groups in total. The highest BCUT2D eigenvalue weighted by Gasteiger charge is 2.26.